The molecule has 21 heavy (non-hydrogen) atoms. The maximum Gasteiger partial charge on any atom is 0.161 e. The zero-order valence-electron chi connectivity index (χ0n) is 12.0. The van der Waals surface area contributed by atoms with Gasteiger partial charge < -0.3 is 9.47 Å². The highest BCUT2D eigenvalue weighted by molar-refractivity contribution is 9.08. The SMILES string of the molecule is CCOc1cc(CBr)ccc1OCCSc1ccccc1. The Bertz CT molecular complexity index is 546. The van der Waals surface area contributed by atoms with Crippen LogP contribution in [0.25, 0.3) is 0 Å². The summed E-state index contributed by atoms with van der Waals surface area (Å²) in [6.07, 6.45) is 0. The van der Waals surface area contributed by atoms with Gasteiger partial charge in [-0.25, -0.2) is 0 Å². The number of alkyl halides is 1. The van der Waals surface area contributed by atoms with Crippen LogP contribution >= 0.6 is 27.7 Å². The number of thioether (sulfide) groups is 1. The second kappa shape index (κ2) is 9.00. The monoisotopic (exact) mass is 366 g/mol. The van der Waals surface area contributed by atoms with Crippen molar-refractivity contribution < 1.29 is 9.47 Å². The molecule has 0 saturated heterocycles. The van der Waals surface area contributed by atoms with E-state index in [9.17, 15) is 0 Å². The van der Waals surface area contributed by atoms with Crippen molar-refractivity contribution in [3.8, 4) is 11.5 Å². The Morgan fingerprint density at radius 1 is 1.00 bits per heavy atom. The summed E-state index contributed by atoms with van der Waals surface area (Å²) in [6.45, 7) is 3.28. The number of ether oxygens (including phenoxy) is 2. The van der Waals surface area contributed by atoms with Gasteiger partial charge in [0.25, 0.3) is 0 Å². The molecule has 112 valence electrons. The van der Waals surface area contributed by atoms with Crippen LogP contribution in [0.1, 0.15) is 12.5 Å². The molecule has 0 aliphatic rings. The van der Waals surface area contributed by atoms with Crippen LogP contribution in [0.15, 0.2) is 53.4 Å². The summed E-state index contributed by atoms with van der Waals surface area (Å²) in [5.74, 6) is 2.55. The maximum absolute atomic E-state index is 5.85. The average Bonchev–Trinajstić information content (AvgIpc) is 2.54. The van der Waals surface area contributed by atoms with Gasteiger partial charge in [-0.05, 0) is 36.8 Å². The summed E-state index contributed by atoms with van der Waals surface area (Å²) < 4.78 is 11.5. The molecule has 0 bridgehead atoms. The molecular weight excluding hydrogens is 348 g/mol. The fourth-order valence-corrected chi connectivity index (χ4v) is 2.95. The van der Waals surface area contributed by atoms with Gasteiger partial charge in [-0.1, -0.05) is 40.2 Å². The average molecular weight is 367 g/mol. The van der Waals surface area contributed by atoms with E-state index in [1.807, 2.05) is 25.1 Å². The maximum atomic E-state index is 5.85. The minimum absolute atomic E-state index is 0.640. The van der Waals surface area contributed by atoms with Crippen LogP contribution in [0, 0.1) is 0 Å². The van der Waals surface area contributed by atoms with E-state index in [0.717, 1.165) is 22.6 Å². The second-order valence-corrected chi connectivity index (χ2v) is 6.09. The van der Waals surface area contributed by atoms with E-state index in [2.05, 4.69) is 46.3 Å². The van der Waals surface area contributed by atoms with Gasteiger partial charge in [0.1, 0.15) is 0 Å². The third-order valence-corrected chi connectivity index (χ3v) is 4.44. The third kappa shape index (κ3) is 5.29. The predicted molar refractivity (Wildman–Crippen MR) is 92.9 cm³/mol. The van der Waals surface area contributed by atoms with E-state index in [1.54, 1.807) is 11.8 Å². The first-order chi connectivity index (χ1) is 10.3. The van der Waals surface area contributed by atoms with Crippen molar-refractivity contribution in [3.63, 3.8) is 0 Å². The summed E-state index contributed by atoms with van der Waals surface area (Å²) in [5.41, 5.74) is 1.18. The lowest BCUT2D eigenvalue weighted by molar-refractivity contribution is 0.289. The van der Waals surface area contributed by atoms with E-state index >= 15 is 0 Å². The van der Waals surface area contributed by atoms with Gasteiger partial charge in [-0.15, -0.1) is 11.8 Å². The number of benzene rings is 2. The van der Waals surface area contributed by atoms with Gasteiger partial charge in [0.15, 0.2) is 11.5 Å². The first-order valence-electron chi connectivity index (χ1n) is 6.96. The normalized spacial score (nSPS) is 10.4. The fourth-order valence-electron chi connectivity index (χ4n) is 1.85. The Morgan fingerprint density at radius 2 is 1.81 bits per heavy atom. The quantitative estimate of drug-likeness (QED) is 0.365. The number of hydrogen-bond donors (Lipinski definition) is 0. The van der Waals surface area contributed by atoms with Gasteiger partial charge in [0, 0.05) is 16.0 Å². The smallest absolute Gasteiger partial charge is 0.161 e. The summed E-state index contributed by atoms with van der Waals surface area (Å²) in [5, 5.41) is 0.817. The van der Waals surface area contributed by atoms with Crippen molar-refractivity contribution in [2.45, 2.75) is 17.1 Å². The van der Waals surface area contributed by atoms with Crippen LogP contribution in [0.5, 0.6) is 11.5 Å². The largest absolute Gasteiger partial charge is 0.490 e. The second-order valence-electron chi connectivity index (χ2n) is 4.36. The molecule has 2 rings (SSSR count). The summed E-state index contributed by atoms with van der Waals surface area (Å²) in [6, 6.07) is 16.4. The number of rotatable bonds is 8. The lowest BCUT2D eigenvalue weighted by Gasteiger charge is -2.12. The summed E-state index contributed by atoms with van der Waals surface area (Å²) in [4.78, 5) is 1.26. The zero-order valence-corrected chi connectivity index (χ0v) is 14.5. The Labute approximate surface area is 139 Å². The molecule has 0 saturated carbocycles. The number of halogens is 1. The molecule has 0 spiro atoms. The van der Waals surface area contributed by atoms with E-state index in [0.29, 0.717) is 13.2 Å². The molecule has 0 heterocycles. The molecule has 0 aromatic heterocycles. The molecule has 4 heteroatoms. The Hall–Kier alpha value is -1.13. The Balaban J connectivity index is 1.87. The molecule has 0 aliphatic carbocycles. The Morgan fingerprint density at radius 3 is 2.52 bits per heavy atom. The summed E-state index contributed by atoms with van der Waals surface area (Å²) >= 11 is 5.25. The van der Waals surface area contributed by atoms with Crippen LogP contribution < -0.4 is 9.47 Å². The molecule has 0 aliphatic heterocycles. The molecule has 2 aromatic carbocycles. The molecule has 0 N–H and O–H groups in total. The first-order valence-corrected chi connectivity index (χ1v) is 9.06. The van der Waals surface area contributed by atoms with E-state index in [1.165, 1.54) is 10.5 Å². The fraction of sp³-hybridized carbons (Fsp3) is 0.294. The highest BCUT2D eigenvalue weighted by Gasteiger charge is 2.06. The molecular formula is C17H19BrO2S. The molecule has 2 nitrogen and oxygen atoms in total. The number of hydrogen-bond acceptors (Lipinski definition) is 3. The van der Waals surface area contributed by atoms with Crippen molar-refractivity contribution >= 4 is 27.7 Å². The lowest BCUT2D eigenvalue weighted by Crippen LogP contribution is -2.03. The van der Waals surface area contributed by atoms with Gasteiger partial charge in [-0.3, -0.25) is 0 Å². The molecule has 2 aromatic rings. The minimum atomic E-state index is 0.640. The van der Waals surface area contributed by atoms with Crippen molar-refractivity contribution in [1.82, 2.24) is 0 Å². The van der Waals surface area contributed by atoms with Gasteiger partial charge >= 0.3 is 0 Å². The predicted octanol–water partition coefficient (Wildman–Crippen LogP) is 5.15. The van der Waals surface area contributed by atoms with Crippen molar-refractivity contribution in [2.75, 3.05) is 19.0 Å². The van der Waals surface area contributed by atoms with E-state index < -0.39 is 0 Å². The molecule has 0 unspecified atom stereocenters. The zero-order chi connectivity index (χ0) is 14.9. The topological polar surface area (TPSA) is 18.5 Å². The van der Waals surface area contributed by atoms with Crippen molar-refractivity contribution in [1.29, 1.82) is 0 Å². The Kier molecular flexibility index (Phi) is 6.96. The van der Waals surface area contributed by atoms with Crippen LogP contribution in [0.4, 0.5) is 0 Å². The third-order valence-electron chi connectivity index (χ3n) is 2.82. The van der Waals surface area contributed by atoms with Crippen LogP contribution in [0.3, 0.4) is 0 Å². The minimum Gasteiger partial charge on any atom is -0.490 e. The first kappa shape index (κ1) is 16.2. The van der Waals surface area contributed by atoms with E-state index in [-0.39, 0.29) is 0 Å². The van der Waals surface area contributed by atoms with Gasteiger partial charge in [-0.2, -0.15) is 0 Å². The molecule has 0 fully saturated rings. The highest BCUT2D eigenvalue weighted by atomic mass is 79.9. The van der Waals surface area contributed by atoms with Crippen LogP contribution in [-0.2, 0) is 5.33 Å². The van der Waals surface area contributed by atoms with Gasteiger partial charge in [0.05, 0.1) is 13.2 Å². The van der Waals surface area contributed by atoms with Crippen LogP contribution in [-0.4, -0.2) is 19.0 Å². The van der Waals surface area contributed by atoms with Gasteiger partial charge in [0.2, 0.25) is 0 Å². The molecule has 0 amide bonds. The van der Waals surface area contributed by atoms with Crippen molar-refractivity contribution in [2.24, 2.45) is 0 Å². The van der Waals surface area contributed by atoms with Crippen LogP contribution in [0.2, 0.25) is 0 Å². The highest BCUT2D eigenvalue weighted by Crippen LogP contribution is 2.29. The van der Waals surface area contributed by atoms with E-state index in [4.69, 9.17) is 9.47 Å². The summed E-state index contributed by atoms with van der Waals surface area (Å²) in [7, 11) is 0. The molecule has 0 radical (unpaired) electrons. The lowest BCUT2D eigenvalue weighted by atomic mass is 10.2. The standard InChI is InChI=1S/C17H19BrO2S/c1-2-19-17-12-14(13-18)8-9-16(17)20-10-11-21-15-6-4-3-5-7-15/h3-9,12H,2,10-11,13H2,1H3. The molecule has 0 atom stereocenters. The van der Waals surface area contributed by atoms with Crippen molar-refractivity contribution in [3.05, 3.63) is 54.1 Å².